The van der Waals surface area contributed by atoms with Gasteiger partial charge >= 0.3 is 0 Å². The van der Waals surface area contributed by atoms with Gasteiger partial charge in [-0.2, -0.15) is 0 Å². The molecule has 0 aromatic heterocycles. The Bertz CT molecular complexity index is 86.2. The molecule has 1 unspecified atom stereocenters. The van der Waals surface area contributed by atoms with E-state index >= 15 is 0 Å². The Kier molecular flexibility index (Phi) is 1.48. The van der Waals surface area contributed by atoms with Crippen molar-refractivity contribution in [2.45, 2.75) is 38.5 Å². The Morgan fingerprint density at radius 1 is 1.00 bits per heavy atom. The third-order valence-corrected chi connectivity index (χ3v) is 2.74. The summed E-state index contributed by atoms with van der Waals surface area (Å²) in [6, 6.07) is 0. The average molecular weight is 123 g/mol. The van der Waals surface area contributed by atoms with Crippen LogP contribution >= 0.6 is 0 Å². The van der Waals surface area contributed by atoms with Crippen molar-refractivity contribution in [3.8, 4) is 0 Å². The van der Waals surface area contributed by atoms with Crippen LogP contribution < -0.4 is 0 Å². The van der Waals surface area contributed by atoms with Gasteiger partial charge in [-0.25, -0.2) is 0 Å². The summed E-state index contributed by atoms with van der Waals surface area (Å²) in [5, 5.41) is 0. The molecule has 9 heavy (non-hydrogen) atoms. The van der Waals surface area contributed by atoms with Gasteiger partial charge in [0.2, 0.25) is 0 Å². The van der Waals surface area contributed by atoms with Crippen molar-refractivity contribution < 1.29 is 0 Å². The maximum Gasteiger partial charge on any atom is -0.0383 e. The lowest BCUT2D eigenvalue weighted by Crippen LogP contribution is -2.07. The highest BCUT2D eigenvalue weighted by Gasteiger charge is 2.31. The summed E-state index contributed by atoms with van der Waals surface area (Å²) in [5.41, 5.74) is 0. The van der Waals surface area contributed by atoms with E-state index in [1.165, 1.54) is 25.7 Å². The molecule has 0 spiro atoms. The largest absolute Gasteiger partial charge is 0.0528 e. The minimum Gasteiger partial charge on any atom is -0.0528 e. The number of hydrogen-bond acceptors (Lipinski definition) is 0. The first-order valence-electron chi connectivity index (χ1n) is 4.28. The molecule has 0 nitrogen and oxygen atoms in total. The Morgan fingerprint density at radius 3 is 2.44 bits per heavy atom. The maximum atomic E-state index is 2.49. The zero-order valence-electron chi connectivity index (χ0n) is 5.97. The van der Waals surface area contributed by atoms with Gasteiger partial charge in [-0.15, -0.1) is 0 Å². The highest BCUT2D eigenvalue weighted by Crippen LogP contribution is 2.43. The lowest BCUT2D eigenvalue weighted by atomic mass is 9.86. The van der Waals surface area contributed by atoms with Gasteiger partial charge in [0.05, 0.1) is 0 Å². The van der Waals surface area contributed by atoms with Crippen molar-refractivity contribution in [1.82, 2.24) is 0 Å². The fraction of sp³-hybridized carbons (Fsp3) is 0.889. The quantitative estimate of drug-likeness (QED) is 0.503. The third-order valence-electron chi connectivity index (χ3n) is 2.74. The van der Waals surface area contributed by atoms with Crippen LogP contribution in [-0.2, 0) is 0 Å². The van der Waals surface area contributed by atoms with Crippen LogP contribution in [-0.4, -0.2) is 0 Å². The van der Waals surface area contributed by atoms with Gasteiger partial charge in [0.15, 0.2) is 0 Å². The first-order valence-corrected chi connectivity index (χ1v) is 4.28. The van der Waals surface area contributed by atoms with Gasteiger partial charge in [0.1, 0.15) is 0 Å². The summed E-state index contributed by atoms with van der Waals surface area (Å²) in [5.74, 6) is 2.26. The van der Waals surface area contributed by atoms with Crippen LogP contribution in [0.15, 0.2) is 0 Å². The standard InChI is InChI=1S/C9H15/c1-2-4-8(5-3-1)9-6-7-9/h2,8-9H,1,3-7H2. The molecule has 0 aromatic rings. The first-order chi connectivity index (χ1) is 4.47. The average Bonchev–Trinajstić information content (AvgIpc) is 2.71. The van der Waals surface area contributed by atoms with Crippen LogP contribution in [0.25, 0.3) is 0 Å². The molecular weight excluding hydrogens is 108 g/mol. The molecule has 0 heteroatoms. The van der Waals surface area contributed by atoms with Crippen molar-refractivity contribution in [1.29, 1.82) is 0 Å². The second-order valence-electron chi connectivity index (χ2n) is 3.55. The molecule has 0 heterocycles. The van der Waals surface area contributed by atoms with Crippen LogP contribution in [0.4, 0.5) is 0 Å². The Labute approximate surface area is 57.6 Å². The van der Waals surface area contributed by atoms with Crippen LogP contribution in [0.2, 0.25) is 0 Å². The van der Waals surface area contributed by atoms with Gasteiger partial charge in [0.25, 0.3) is 0 Å². The van der Waals surface area contributed by atoms with Crippen molar-refractivity contribution in [2.24, 2.45) is 11.8 Å². The molecule has 51 valence electrons. The Morgan fingerprint density at radius 2 is 1.89 bits per heavy atom. The lowest BCUT2D eigenvalue weighted by molar-refractivity contribution is 0.370. The molecule has 1 radical (unpaired) electrons. The van der Waals surface area contributed by atoms with Gasteiger partial charge in [-0.05, 0) is 37.5 Å². The van der Waals surface area contributed by atoms with Gasteiger partial charge < -0.3 is 0 Å². The summed E-state index contributed by atoms with van der Waals surface area (Å²) in [6.07, 6.45) is 11.4. The summed E-state index contributed by atoms with van der Waals surface area (Å²) in [7, 11) is 0. The second-order valence-corrected chi connectivity index (χ2v) is 3.55. The Balaban J connectivity index is 1.80. The van der Waals surface area contributed by atoms with E-state index in [1.54, 1.807) is 12.8 Å². The minimum absolute atomic E-state index is 1.11. The van der Waals surface area contributed by atoms with E-state index in [2.05, 4.69) is 6.42 Å². The van der Waals surface area contributed by atoms with Gasteiger partial charge in [0, 0.05) is 0 Å². The molecule has 2 saturated carbocycles. The highest BCUT2D eigenvalue weighted by atomic mass is 14.4. The summed E-state index contributed by atoms with van der Waals surface area (Å²) in [6.45, 7) is 0. The van der Waals surface area contributed by atoms with Gasteiger partial charge in [-0.3, -0.25) is 0 Å². The van der Waals surface area contributed by atoms with Crippen molar-refractivity contribution in [3.05, 3.63) is 6.42 Å². The van der Waals surface area contributed by atoms with E-state index in [-0.39, 0.29) is 0 Å². The molecular formula is C9H15. The topological polar surface area (TPSA) is 0 Å². The molecule has 2 fully saturated rings. The molecule has 0 N–H and O–H groups in total. The van der Waals surface area contributed by atoms with Crippen LogP contribution in [0.5, 0.6) is 0 Å². The second kappa shape index (κ2) is 2.32. The number of hydrogen-bond donors (Lipinski definition) is 0. The zero-order valence-corrected chi connectivity index (χ0v) is 5.97. The molecule has 1 atom stereocenters. The SMILES string of the molecule is [CH]1CCCC(C2CC2)C1. The molecule has 0 saturated heterocycles. The van der Waals surface area contributed by atoms with E-state index in [9.17, 15) is 0 Å². The van der Waals surface area contributed by atoms with Crippen molar-refractivity contribution >= 4 is 0 Å². The van der Waals surface area contributed by atoms with Crippen LogP contribution in [0, 0.1) is 18.3 Å². The molecule has 2 rings (SSSR count). The number of rotatable bonds is 1. The van der Waals surface area contributed by atoms with Gasteiger partial charge in [-0.1, -0.05) is 19.3 Å². The fourth-order valence-electron chi connectivity index (χ4n) is 1.97. The molecule has 0 amide bonds. The van der Waals surface area contributed by atoms with Crippen molar-refractivity contribution in [2.75, 3.05) is 0 Å². The monoisotopic (exact) mass is 123 g/mol. The van der Waals surface area contributed by atoms with Crippen molar-refractivity contribution in [3.63, 3.8) is 0 Å². The third kappa shape index (κ3) is 1.28. The molecule has 2 aliphatic rings. The van der Waals surface area contributed by atoms with E-state index < -0.39 is 0 Å². The van der Waals surface area contributed by atoms with E-state index in [0.717, 1.165) is 11.8 Å². The summed E-state index contributed by atoms with van der Waals surface area (Å²) < 4.78 is 0. The molecule has 0 aromatic carbocycles. The van der Waals surface area contributed by atoms with E-state index in [4.69, 9.17) is 0 Å². The van der Waals surface area contributed by atoms with Crippen LogP contribution in [0.1, 0.15) is 38.5 Å². The smallest absolute Gasteiger partial charge is 0.0383 e. The predicted octanol–water partition coefficient (Wildman–Crippen LogP) is 2.79. The Hall–Kier alpha value is 0. The maximum absolute atomic E-state index is 2.49. The highest BCUT2D eigenvalue weighted by molar-refractivity contribution is 4.87. The minimum atomic E-state index is 1.11. The lowest BCUT2D eigenvalue weighted by Gasteiger charge is -2.20. The summed E-state index contributed by atoms with van der Waals surface area (Å²) in [4.78, 5) is 0. The first kappa shape index (κ1) is 5.76. The predicted molar refractivity (Wildman–Crippen MR) is 39.0 cm³/mol. The van der Waals surface area contributed by atoms with Crippen LogP contribution in [0.3, 0.4) is 0 Å². The summed E-state index contributed by atoms with van der Waals surface area (Å²) >= 11 is 0. The fourth-order valence-corrected chi connectivity index (χ4v) is 1.97. The molecule has 0 bridgehead atoms. The van der Waals surface area contributed by atoms with E-state index in [1.807, 2.05) is 0 Å². The zero-order chi connectivity index (χ0) is 6.10. The molecule has 0 aliphatic heterocycles. The normalized spacial score (nSPS) is 30.7. The molecule has 2 aliphatic carbocycles. The van der Waals surface area contributed by atoms with E-state index in [0.29, 0.717) is 0 Å².